The number of ether oxygens (including phenoxy) is 2. The Balaban J connectivity index is 1.10. The summed E-state index contributed by atoms with van der Waals surface area (Å²) in [5.74, 6) is -3.28. The lowest BCUT2D eigenvalue weighted by atomic mass is 9.72. The van der Waals surface area contributed by atoms with Crippen molar-refractivity contribution in [1.82, 2.24) is 31.5 Å². The van der Waals surface area contributed by atoms with Crippen LogP contribution in [0.15, 0.2) is 125 Å². The normalized spacial score (nSPS) is 19.1. The quantitative estimate of drug-likeness (QED) is 0.0224. The second-order valence-electron chi connectivity index (χ2n) is 20.8. The van der Waals surface area contributed by atoms with Gasteiger partial charge in [-0.1, -0.05) is 135 Å². The number of aliphatic carboxylic acids is 1. The minimum atomic E-state index is -1.05. The Hall–Kier alpha value is -6.69. The minimum absolute atomic E-state index is 0.0350. The van der Waals surface area contributed by atoms with Gasteiger partial charge < -0.3 is 50.9 Å². The average Bonchev–Trinajstić information content (AvgIpc) is 3.93. The van der Waals surface area contributed by atoms with Crippen LogP contribution in [0.3, 0.4) is 0 Å². The molecule has 0 bridgehead atoms. The lowest BCUT2D eigenvalue weighted by molar-refractivity contribution is -0.143. The highest BCUT2D eigenvalue weighted by Crippen LogP contribution is 2.40. The number of nitrogens with one attached hydrogen (secondary N) is 5. The van der Waals surface area contributed by atoms with Crippen LogP contribution in [0.1, 0.15) is 116 Å². The van der Waals surface area contributed by atoms with Gasteiger partial charge in [0.1, 0.15) is 18.1 Å². The van der Waals surface area contributed by atoms with Gasteiger partial charge in [0.15, 0.2) is 6.61 Å². The molecule has 17 nitrogen and oxygen atoms in total. The summed E-state index contributed by atoms with van der Waals surface area (Å²) in [6, 6.07) is 16.0. The maximum absolute atomic E-state index is 14.5. The minimum Gasteiger partial charge on any atom is -0.478 e. The van der Waals surface area contributed by atoms with Gasteiger partial charge in [-0.25, -0.2) is 4.79 Å². The van der Waals surface area contributed by atoms with Gasteiger partial charge in [0, 0.05) is 31.6 Å². The van der Waals surface area contributed by atoms with E-state index in [1.54, 1.807) is 31.9 Å². The molecule has 2 aliphatic carbocycles. The SMILES string of the molecule is CN[C@@H](C)C(=O)N[C@H](C(=O)N1CCC[C@H]1C(=O)N[C@H](C(=O)NCCOCCOCCNC(=O)CO/N=C1\CCC(C)(C)C(C=C/C(C)=C/C=C/C(C)=C/C(=O)O)=C1C)C(c1ccccc1)c1ccccc1)C1CCCCC1. The number of amides is 5. The molecule has 0 unspecified atom stereocenters. The van der Waals surface area contributed by atoms with Gasteiger partial charge in [-0.05, 0) is 112 Å². The maximum atomic E-state index is 14.5. The van der Waals surface area contributed by atoms with Crippen molar-refractivity contribution in [3.63, 3.8) is 0 Å². The molecule has 3 aliphatic rings. The summed E-state index contributed by atoms with van der Waals surface area (Å²) < 4.78 is 11.5. The molecule has 2 fully saturated rings. The number of carbonyl (C=O) groups is 6. The van der Waals surface area contributed by atoms with Crippen LogP contribution in [0.5, 0.6) is 0 Å². The number of allylic oxidation sites excluding steroid dienone is 9. The zero-order chi connectivity index (χ0) is 55.7. The first-order chi connectivity index (χ1) is 37.0. The summed E-state index contributed by atoms with van der Waals surface area (Å²) in [5.41, 5.74) is 6.11. The third-order valence-corrected chi connectivity index (χ3v) is 14.6. The zero-order valence-electron chi connectivity index (χ0n) is 46.2. The average molecular weight is 1060 g/mol. The molecular formula is C60H83N7O10. The number of nitrogens with zero attached hydrogens (tertiary/aromatic N) is 2. The molecule has 5 amide bonds. The number of hydrogen-bond acceptors (Lipinski definition) is 11. The molecule has 77 heavy (non-hydrogen) atoms. The van der Waals surface area contributed by atoms with Crippen molar-refractivity contribution in [2.45, 2.75) is 129 Å². The van der Waals surface area contributed by atoms with Crippen molar-refractivity contribution in [1.29, 1.82) is 0 Å². The van der Waals surface area contributed by atoms with E-state index in [2.05, 4.69) is 51.7 Å². The van der Waals surface area contributed by atoms with Crippen molar-refractivity contribution in [2.24, 2.45) is 16.5 Å². The van der Waals surface area contributed by atoms with Crippen molar-refractivity contribution >= 4 is 41.2 Å². The molecule has 0 spiro atoms. The molecular weight excluding hydrogens is 979 g/mol. The Bertz CT molecular complexity index is 2440. The van der Waals surface area contributed by atoms with Gasteiger partial charge in [0.2, 0.25) is 23.6 Å². The molecule has 5 rings (SSSR count). The van der Waals surface area contributed by atoms with E-state index in [-0.39, 0.29) is 75.2 Å². The number of carboxylic acid groups (broad SMARTS) is 1. The van der Waals surface area contributed by atoms with E-state index in [0.717, 1.165) is 78.2 Å². The smallest absolute Gasteiger partial charge is 0.328 e. The van der Waals surface area contributed by atoms with Crippen LogP contribution in [0.25, 0.3) is 0 Å². The van der Waals surface area contributed by atoms with Crippen molar-refractivity contribution in [2.75, 3.05) is 59.7 Å². The topological polar surface area (TPSA) is 226 Å². The fourth-order valence-corrected chi connectivity index (χ4v) is 10.1. The third-order valence-electron chi connectivity index (χ3n) is 14.6. The number of likely N-dealkylation sites (N-methyl/N-ethyl adjacent to an activating group) is 1. The fraction of sp³-hybridized carbons (Fsp3) is 0.517. The van der Waals surface area contributed by atoms with Crippen molar-refractivity contribution in [3.05, 3.63) is 131 Å². The highest BCUT2D eigenvalue weighted by Gasteiger charge is 2.43. The van der Waals surface area contributed by atoms with Crippen LogP contribution < -0.4 is 26.6 Å². The van der Waals surface area contributed by atoms with E-state index in [4.69, 9.17) is 19.4 Å². The van der Waals surface area contributed by atoms with E-state index in [0.29, 0.717) is 31.4 Å². The number of rotatable bonds is 28. The molecule has 1 heterocycles. The van der Waals surface area contributed by atoms with E-state index >= 15 is 0 Å². The molecule has 6 N–H and O–H groups in total. The van der Waals surface area contributed by atoms with Crippen molar-refractivity contribution < 1.29 is 48.2 Å². The second kappa shape index (κ2) is 31.5. The molecule has 1 saturated carbocycles. The third kappa shape index (κ3) is 19.4. The Kier molecular flexibility index (Phi) is 25.0. The number of likely N-dealkylation sites (tertiary alicyclic amines) is 1. The monoisotopic (exact) mass is 1060 g/mol. The molecule has 17 heteroatoms. The first-order valence-corrected chi connectivity index (χ1v) is 27.2. The van der Waals surface area contributed by atoms with Gasteiger partial charge in [0.25, 0.3) is 5.91 Å². The molecule has 2 aromatic carbocycles. The molecule has 1 aliphatic heterocycles. The molecule has 0 aromatic heterocycles. The van der Waals surface area contributed by atoms with Crippen LogP contribution in [-0.2, 0) is 43.1 Å². The maximum Gasteiger partial charge on any atom is 0.328 e. The number of hydrogen-bond donors (Lipinski definition) is 6. The van der Waals surface area contributed by atoms with E-state index in [1.807, 2.05) is 92.7 Å². The van der Waals surface area contributed by atoms with Gasteiger partial charge >= 0.3 is 5.97 Å². The lowest BCUT2D eigenvalue weighted by Gasteiger charge is -2.36. The Labute approximate surface area is 455 Å². The van der Waals surface area contributed by atoms with E-state index < -0.39 is 47.9 Å². The largest absolute Gasteiger partial charge is 0.478 e. The Morgan fingerprint density at radius 2 is 1.44 bits per heavy atom. The lowest BCUT2D eigenvalue weighted by Crippen LogP contribution is -2.59. The number of oxime groups is 1. The summed E-state index contributed by atoms with van der Waals surface area (Å²) in [6.07, 6.45) is 18.0. The molecule has 4 atom stereocenters. The first kappa shape index (κ1) is 61.2. The van der Waals surface area contributed by atoms with Crippen LogP contribution in [0.4, 0.5) is 0 Å². The van der Waals surface area contributed by atoms with E-state index in [9.17, 15) is 28.8 Å². The number of carboxylic acids is 1. The summed E-state index contributed by atoms with van der Waals surface area (Å²) in [7, 11) is 1.70. The molecule has 2 aromatic rings. The first-order valence-electron chi connectivity index (χ1n) is 27.2. The van der Waals surface area contributed by atoms with Gasteiger partial charge in [0.05, 0.1) is 38.2 Å². The van der Waals surface area contributed by atoms with Crippen LogP contribution in [-0.4, -0.2) is 135 Å². The van der Waals surface area contributed by atoms with Crippen molar-refractivity contribution in [3.8, 4) is 0 Å². The highest BCUT2D eigenvalue weighted by molar-refractivity contribution is 6.01. The van der Waals surface area contributed by atoms with Crippen LogP contribution in [0.2, 0.25) is 0 Å². The Morgan fingerprint density at radius 3 is 2.06 bits per heavy atom. The van der Waals surface area contributed by atoms with Crippen LogP contribution in [0, 0.1) is 11.3 Å². The highest BCUT2D eigenvalue weighted by atomic mass is 16.6. The number of carbonyl (C=O) groups excluding carboxylic acids is 5. The second-order valence-corrected chi connectivity index (χ2v) is 20.8. The summed E-state index contributed by atoms with van der Waals surface area (Å²) >= 11 is 0. The fourth-order valence-electron chi connectivity index (χ4n) is 10.1. The number of benzene rings is 2. The Morgan fingerprint density at radius 1 is 0.805 bits per heavy atom. The van der Waals surface area contributed by atoms with Gasteiger partial charge in [-0.2, -0.15) is 0 Å². The standard InChI is InChI=1S/C60H83N7O10/c1-41(19-17-20-42(2)39-52(69)70)28-29-48-43(3)49(30-31-60(48,5)6)66-77-40-51(68)62-32-35-75-37-38-76-36-33-63-58(73)55(53(45-21-11-8-12-22-45)46-23-13-9-14-24-46)65-57(72)50-27-18-34-67(50)59(74)54(47-25-15-10-16-26-47)64-56(71)44(4)61-7/h8-9,11-14,17,19-24,28-29,39,44,47,50,53-55,61H,10,15-16,18,25-27,30-38,40H2,1-7H3,(H,62,68)(H,63,73)(H,64,71)(H,65,72)(H,69,70)/b20-17+,29-28?,41-19+,42-39+,66-49+/t44-,50-,54-,55-/m0/s1. The van der Waals surface area contributed by atoms with Gasteiger partial charge in [-0.3, -0.25) is 24.0 Å². The summed E-state index contributed by atoms with van der Waals surface area (Å²) in [5, 5.41) is 28.1. The van der Waals surface area contributed by atoms with E-state index in [1.165, 1.54) is 0 Å². The van der Waals surface area contributed by atoms with Gasteiger partial charge in [-0.15, -0.1) is 0 Å². The summed E-state index contributed by atoms with van der Waals surface area (Å²) in [4.78, 5) is 87.1. The molecule has 1 saturated heterocycles. The zero-order valence-corrected chi connectivity index (χ0v) is 46.2. The van der Waals surface area contributed by atoms with Crippen LogP contribution >= 0.6 is 0 Å². The molecule has 418 valence electrons. The molecule has 0 radical (unpaired) electrons. The predicted octanol–water partition coefficient (Wildman–Crippen LogP) is 6.83. The summed E-state index contributed by atoms with van der Waals surface area (Å²) in [6.45, 7) is 13.3. The predicted molar refractivity (Wildman–Crippen MR) is 299 cm³/mol.